The summed E-state index contributed by atoms with van der Waals surface area (Å²) in [6.45, 7) is 6.94. The summed E-state index contributed by atoms with van der Waals surface area (Å²) in [4.78, 5) is 14.7. The molecule has 5 heteroatoms. The van der Waals surface area contributed by atoms with E-state index >= 15 is 0 Å². The van der Waals surface area contributed by atoms with Gasteiger partial charge in [-0.05, 0) is 45.7 Å². The van der Waals surface area contributed by atoms with E-state index in [0.717, 1.165) is 6.54 Å². The van der Waals surface area contributed by atoms with Gasteiger partial charge in [0.05, 0.1) is 5.69 Å². The molecule has 18 heavy (non-hydrogen) atoms. The van der Waals surface area contributed by atoms with Crippen LogP contribution in [-0.2, 0) is 0 Å². The molecule has 3 aliphatic rings. The number of aryl methyl sites for hydroxylation is 2. The third kappa shape index (κ3) is 1.92. The lowest BCUT2D eigenvalue weighted by Gasteiger charge is -2.44. The van der Waals surface area contributed by atoms with Crippen molar-refractivity contribution in [2.45, 2.75) is 32.7 Å². The lowest BCUT2D eigenvalue weighted by Crippen LogP contribution is -2.57. The number of aromatic nitrogens is 1. The van der Waals surface area contributed by atoms with Crippen molar-refractivity contribution in [1.82, 2.24) is 15.4 Å². The zero-order chi connectivity index (χ0) is 12.7. The molecule has 0 saturated carbocycles. The smallest absolute Gasteiger partial charge is 0.257 e. The topological polar surface area (TPSA) is 58.4 Å². The Hall–Kier alpha value is -1.36. The van der Waals surface area contributed by atoms with Crippen LogP contribution in [0.15, 0.2) is 4.52 Å². The maximum Gasteiger partial charge on any atom is 0.257 e. The fourth-order valence-electron chi connectivity index (χ4n) is 3.18. The fourth-order valence-corrected chi connectivity index (χ4v) is 3.18. The highest BCUT2D eigenvalue weighted by atomic mass is 16.5. The van der Waals surface area contributed by atoms with Crippen molar-refractivity contribution >= 4 is 5.91 Å². The highest BCUT2D eigenvalue weighted by Crippen LogP contribution is 2.27. The van der Waals surface area contributed by atoms with Gasteiger partial charge in [-0.3, -0.25) is 4.79 Å². The van der Waals surface area contributed by atoms with Gasteiger partial charge in [-0.25, -0.2) is 0 Å². The van der Waals surface area contributed by atoms with Crippen molar-refractivity contribution in [3.8, 4) is 0 Å². The minimum atomic E-state index is -0.0370. The molecule has 98 valence electrons. The Balaban J connectivity index is 1.72. The van der Waals surface area contributed by atoms with E-state index < -0.39 is 0 Å². The average molecular weight is 249 g/mol. The van der Waals surface area contributed by atoms with Crippen LogP contribution in [-0.4, -0.2) is 41.6 Å². The van der Waals surface area contributed by atoms with Gasteiger partial charge in [-0.1, -0.05) is 5.16 Å². The first-order chi connectivity index (χ1) is 8.65. The standard InChI is InChI=1S/C13H19N3O2/c1-8-12(9(2)18-15-8)13(17)14-11-7-16-5-3-10(11)4-6-16/h10-11H,3-7H2,1-2H3,(H,14,17). The number of hydrogen-bond donors (Lipinski definition) is 1. The van der Waals surface area contributed by atoms with E-state index in [9.17, 15) is 4.79 Å². The molecule has 1 N–H and O–H groups in total. The van der Waals surface area contributed by atoms with Gasteiger partial charge >= 0.3 is 0 Å². The Morgan fingerprint density at radius 3 is 2.61 bits per heavy atom. The maximum absolute atomic E-state index is 12.3. The van der Waals surface area contributed by atoms with E-state index in [-0.39, 0.29) is 11.9 Å². The van der Waals surface area contributed by atoms with Gasteiger partial charge in [-0.2, -0.15) is 0 Å². The van der Waals surface area contributed by atoms with Gasteiger partial charge in [0, 0.05) is 12.6 Å². The minimum Gasteiger partial charge on any atom is -0.361 e. The van der Waals surface area contributed by atoms with E-state index in [4.69, 9.17) is 4.52 Å². The molecular weight excluding hydrogens is 230 g/mol. The molecule has 5 nitrogen and oxygen atoms in total. The van der Waals surface area contributed by atoms with E-state index in [1.807, 2.05) is 6.92 Å². The van der Waals surface area contributed by atoms with Crippen molar-refractivity contribution in [2.75, 3.05) is 19.6 Å². The van der Waals surface area contributed by atoms with Crippen molar-refractivity contribution < 1.29 is 9.32 Å². The first-order valence-corrected chi connectivity index (χ1v) is 6.61. The average Bonchev–Trinajstić information content (AvgIpc) is 2.70. The molecule has 1 aromatic rings. The number of piperidine rings is 3. The SMILES string of the molecule is Cc1noc(C)c1C(=O)NC1CN2CCC1CC2. The summed E-state index contributed by atoms with van der Waals surface area (Å²) in [5.41, 5.74) is 1.28. The van der Waals surface area contributed by atoms with Crippen LogP contribution < -0.4 is 5.32 Å². The molecule has 0 aromatic carbocycles. The fraction of sp³-hybridized carbons (Fsp3) is 0.692. The zero-order valence-electron chi connectivity index (χ0n) is 10.9. The predicted octanol–water partition coefficient (Wildman–Crippen LogP) is 1.12. The molecule has 1 unspecified atom stereocenters. The number of carbonyl (C=O) groups excluding carboxylic acids is 1. The van der Waals surface area contributed by atoms with Crippen LogP contribution in [0.3, 0.4) is 0 Å². The second kappa shape index (κ2) is 4.39. The summed E-state index contributed by atoms with van der Waals surface area (Å²) < 4.78 is 5.05. The van der Waals surface area contributed by atoms with Crippen molar-refractivity contribution in [3.63, 3.8) is 0 Å². The Labute approximate surface area is 107 Å². The number of fused-ring (bicyclic) bond motifs is 3. The second-order valence-corrected chi connectivity index (χ2v) is 5.42. The molecule has 0 spiro atoms. The predicted molar refractivity (Wildman–Crippen MR) is 66.4 cm³/mol. The number of nitrogens with zero attached hydrogens (tertiary/aromatic N) is 2. The van der Waals surface area contributed by atoms with Gasteiger partial charge in [0.2, 0.25) is 0 Å². The summed E-state index contributed by atoms with van der Waals surface area (Å²) in [6.07, 6.45) is 2.40. The Bertz CT molecular complexity index is 441. The lowest BCUT2D eigenvalue weighted by molar-refractivity contribution is 0.0619. The highest BCUT2D eigenvalue weighted by Gasteiger charge is 2.35. The third-order valence-electron chi connectivity index (χ3n) is 4.23. The van der Waals surface area contributed by atoms with E-state index in [0.29, 0.717) is 22.9 Å². The van der Waals surface area contributed by atoms with Gasteiger partial charge in [0.15, 0.2) is 0 Å². The molecule has 1 amide bonds. The second-order valence-electron chi connectivity index (χ2n) is 5.42. The Morgan fingerprint density at radius 2 is 2.11 bits per heavy atom. The third-order valence-corrected chi connectivity index (χ3v) is 4.23. The molecule has 0 aliphatic carbocycles. The van der Waals surface area contributed by atoms with Gasteiger partial charge in [0.1, 0.15) is 11.3 Å². The number of amides is 1. The van der Waals surface area contributed by atoms with Gasteiger partial charge in [0.25, 0.3) is 5.91 Å². The van der Waals surface area contributed by atoms with Crippen LogP contribution in [0, 0.1) is 19.8 Å². The lowest BCUT2D eigenvalue weighted by atomic mass is 9.84. The summed E-state index contributed by atoms with van der Waals surface area (Å²) >= 11 is 0. The van der Waals surface area contributed by atoms with E-state index in [2.05, 4.69) is 15.4 Å². The molecule has 4 rings (SSSR count). The summed E-state index contributed by atoms with van der Waals surface area (Å²) in [7, 11) is 0. The van der Waals surface area contributed by atoms with Gasteiger partial charge < -0.3 is 14.7 Å². The normalized spacial score (nSPS) is 30.4. The molecule has 3 fully saturated rings. The molecule has 2 bridgehead atoms. The number of carbonyl (C=O) groups is 1. The van der Waals surface area contributed by atoms with Crippen molar-refractivity contribution in [3.05, 3.63) is 17.0 Å². The summed E-state index contributed by atoms with van der Waals surface area (Å²) in [5, 5.41) is 6.99. The number of hydrogen-bond acceptors (Lipinski definition) is 4. The van der Waals surface area contributed by atoms with Crippen LogP contribution in [0.5, 0.6) is 0 Å². The quantitative estimate of drug-likeness (QED) is 0.853. The Kier molecular flexibility index (Phi) is 2.86. The van der Waals surface area contributed by atoms with E-state index in [1.165, 1.54) is 25.9 Å². The van der Waals surface area contributed by atoms with E-state index in [1.54, 1.807) is 6.92 Å². The molecule has 0 radical (unpaired) electrons. The highest BCUT2D eigenvalue weighted by molar-refractivity contribution is 5.96. The molecule has 3 aliphatic heterocycles. The maximum atomic E-state index is 12.3. The largest absolute Gasteiger partial charge is 0.361 e. The Morgan fingerprint density at radius 1 is 1.39 bits per heavy atom. The molecule has 4 heterocycles. The van der Waals surface area contributed by atoms with Crippen molar-refractivity contribution in [2.24, 2.45) is 5.92 Å². The molecular formula is C13H19N3O2. The van der Waals surface area contributed by atoms with Crippen LogP contribution in [0.2, 0.25) is 0 Å². The van der Waals surface area contributed by atoms with Gasteiger partial charge in [-0.15, -0.1) is 0 Å². The number of nitrogens with one attached hydrogen (secondary N) is 1. The monoisotopic (exact) mass is 249 g/mol. The first-order valence-electron chi connectivity index (χ1n) is 6.61. The summed E-state index contributed by atoms with van der Waals surface area (Å²) in [6, 6.07) is 0.286. The summed E-state index contributed by atoms with van der Waals surface area (Å²) in [5.74, 6) is 1.20. The van der Waals surface area contributed by atoms with Crippen LogP contribution in [0.25, 0.3) is 0 Å². The zero-order valence-corrected chi connectivity index (χ0v) is 10.9. The first kappa shape index (κ1) is 11.7. The molecule has 1 atom stereocenters. The van der Waals surface area contributed by atoms with Crippen LogP contribution >= 0.6 is 0 Å². The van der Waals surface area contributed by atoms with Crippen molar-refractivity contribution in [1.29, 1.82) is 0 Å². The minimum absolute atomic E-state index is 0.0370. The van der Waals surface area contributed by atoms with Crippen LogP contribution in [0.4, 0.5) is 0 Å². The van der Waals surface area contributed by atoms with Crippen LogP contribution in [0.1, 0.15) is 34.7 Å². The molecule has 3 saturated heterocycles. The molecule has 1 aromatic heterocycles. The number of rotatable bonds is 2.